The molecule has 0 spiro atoms. The van der Waals surface area contributed by atoms with Gasteiger partial charge in [0, 0.05) is 19.8 Å². The van der Waals surface area contributed by atoms with Gasteiger partial charge in [-0.3, -0.25) is 4.79 Å². The third-order valence-corrected chi connectivity index (χ3v) is 4.18. The van der Waals surface area contributed by atoms with Gasteiger partial charge in [-0.05, 0) is 17.4 Å². The third-order valence-electron chi connectivity index (χ3n) is 3.35. The van der Waals surface area contributed by atoms with Crippen LogP contribution in [0.2, 0.25) is 0 Å². The molecule has 1 aliphatic rings. The molecule has 1 fully saturated rings. The van der Waals surface area contributed by atoms with Crippen LogP contribution in [0.3, 0.4) is 0 Å². The molecule has 1 aromatic rings. The molecule has 0 amide bonds. The van der Waals surface area contributed by atoms with Crippen LogP contribution >= 0.6 is 11.8 Å². The summed E-state index contributed by atoms with van der Waals surface area (Å²) in [6.07, 6.45) is 3.16. The molecule has 0 aromatic heterocycles. The quantitative estimate of drug-likeness (QED) is 0.866. The van der Waals surface area contributed by atoms with Crippen molar-refractivity contribution in [1.82, 2.24) is 0 Å². The topological polar surface area (TPSA) is 55.8 Å². The third kappa shape index (κ3) is 3.98. The average Bonchev–Trinajstić information content (AvgIpc) is 2.46. The van der Waals surface area contributed by atoms with Crippen LogP contribution in [-0.4, -0.2) is 28.9 Å². The van der Waals surface area contributed by atoms with E-state index in [-0.39, 0.29) is 30.2 Å². The predicted molar refractivity (Wildman–Crippen MR) is 78.3 cm³/mol. The van der Waals surface area contributed by atoms with Gasteiger partial charge in [-0.15, -0.1) is 11.8 Å². The monoisotopic (exact) mass is 296 g/mol. The highest BCUT2D eigenvalue weighted by Gasteiger charge is 2.31. The zero-order chi connectivity index (χ0) is 14.5. The van der Waals surface area contributed by atoms with Gasteiger partial charge in [0.2, 0.25) is 0 Å². The van der Waals surface area contributed by atoms with Gasteiger partial charge in [0.15, 0.2) is 0 Å². The number of benzene rings is 1. The molecule has 0 saturated carbocycles. The summed E-state index contributed by atoms with van der Waals surface area (Å²) in [5, 5.41) is 9.22. The number of ether oxygens (including phenoxy) is 2. The van der Waals surface area contributed by atoms with Crippen LogP contribution in [0.4, 0.5) is 0 Å². The van der Waals surface area contributed by atoms with E-state index in [1.165, 1.54) is 6.92 Å². The summed E-state index contributed by atoms with van der Waals surface area (Å²) in [7, 11) is 0. The van der Waals surface area contributed by atoms with E-state index in [1.807, 2.05) is 30.5 Å². The Balaban J connectivity index is 2.14. The van der Waals surface area contributed by atoms with Crippen LogP contribution < -0.4 is 0 Å². The van der Waals surface area contributed by atoms with Crippen LogP contribution in [0, 0.1) is 0 Å². The lowest BCUT2D eigenvalue weighted by molar-refractivity contribution is -0.155. The van der Waals surface area contributed by atoms with E-state index in [9.17, 15) is 9.90 Å². The maximum Gasteiger partial charge on any atom is 0.302 e. The van der Waals surface area contributed by atoms with Gasteiger partial charge in [0.1, 0.15) is 11.5 Å². The number of rotatable bonds is 4. The van der Waals surface area contributed by atoms with Crippen LogP contribution in [0.25, 0.3) is 0 Å². The van der Waals surface area contributed by atoms with Crippen molar-refractivity contribution >= 4 is 17.7 Å². The van der Waals surface area contributed by atoms with E-state index in [2.05, 4.69) is 0 Å². The fraction of sp³-hybridized carbons (Fsp3) is 0.533. The molecule has 3 atom stereocenters. The van der Waals surface area contributed by atoms with Gasteiger partial charge in [-0.2, -0.15) is 0 Å². The van der Waals surface area contributed by atoms with E-state index in [0.717, 1.165) is 17.5 Å². The van der Waals surface area contributed by atoms with Crippen LogP contribution in [0.1, 0.15) is 37.0 Å². The van der Waals surface area contributed by atoms with Crippen molar-refractivity contribution in [3.63, 3.8) is 0 Å². The second-order valence-corrected chi connectivity index (χ2v) is 5.89. The van der Waals surface area contributed by atoms with Crippen molar-refractivity contribution in [1.29, 1.82) is 0 Å². The lowest BCUT2D eigenvalue weighted by Gasteiger charge is -2.34. The first-order valence-corrected chi connectivity index (χ1v) is 7.96. The zero-order valence-electron chi connectivity index (χ0n) is 11.7. The molecule has 20 heavy (non-hydrogen) atoms. The molecule has 0 bridgehead atoms. The van der Waals surface area contributed by atoms with Crippen molar-refractivity contribution in [3.8, 4) is 0 Å². The Morgan fingerprint density at radius 1 is 1.50 bits per heavy atom. The molecule has 0 radical (unpaired) electrons. The van der Waals surface area contributed by atoms with E-state index in [4.69, 9.17) is 9.47 Å². The predicted octanol–water partition coefficient (Wildman–Crippen LogP) is 2.65. The Morgan fingerprint density at radius 2 is 2.30 bits per heavy atom. The van der Waals surface area contributed by atoms with E-state index in [1.54, 1.807) is 11.8 Å². The number of esters is 1. The van der Waals surface area contributed by atoms with Crippen LogP contribution in [0.5, 0.6) is 0 Å². The first-order valence-electron chi connectivity index (χ1n) is 6.67. The summed E-state index contributed by atoms with van der Waals surface area (Å²) in [4.78, 5) is 11.1. The average molecular weight is 296 g/mol. The molecule has 5 heteroatoms. The zero-order valence-corrected chi connectivity index (χ0v) is 12.6. The highest BCUT2D eigenvalue weighted by atomic mass is 32.2. The molecule has 1 aliphatic heterocycles. The van der Waals surface area contributed by atoms with Crippen molar-refractivity contribution in [2.75, 3.05) is 6.26 Å². The normalized spacial score (nSPS) is 26.2. The van der Waals surface area contributed by atoms with Crippen molar-refractivity contribution < 1.29 is 19.4 Å². The standard InChI is InChI=1S/C15H20O4S/c1-10(17)18-13-7-14(19-15(8-13)20-2)12-5-3-4-11(6-12)9-16/h3-6,13-16H,7-9H2,1-2H3/t13-,14-,15-/m1/s1. The second-order valence-electron chi connectivity index (χ2n) is 4.90. The molecule has 0 unspecified atom stereocenters. The molecule has 110 valence electrons. The minimum atomic E-state index is -0.250. The van der Waals surface area contributed by atoms with Crippen LogP contribution in [0.15, 0.2) is 24.3 Å². The van der Waals surface area contributed by atoms with E-state index < -0.39 is 0 Å². The summed E-state index contributed by atoms with van der Waals surface area (Å²) in [6.45, 7) is 1.45. The number of aliphatic hydroxyl groups excluding tert-OH is 1. The molecular formula is C15H20O4S. The van der Waals surface area contributed by atoms with Gasteiger partial charge in [0.05, 0.1) is 12.7 Å². The van der Waals surface area contributed by atoms with Gasteiger partial charge in [0.25, 0.3) is 0 Å². The SMILES string of the molecule is CS[C@@H]1C[C@H](OC(C)=O)C[C@H](c2cccc(CO)c2)O1. The first kappa shape index (κ1) is 15.4. The molecular weight excluding hydrogens is 276 g/mol. The molecule has 4 nitrogen and oxygen atoms in total. The Bertz CT molecular complexity index is 463. The highest BCUT2D eigenvalue weighted by molar-refractivity contribution is 7.99. The molecule has 1 heterocycles. The molecule has 0 aliphatic carbocycles. The second kappa shape index (κ2) is 7.11. The molecule has 1 saturated heterocycles. The number of hydrogen-bond acceptors (Lipinski definition) is 5. The van der Waals surface area contributed by atoms with Crippen molar-refractivity contribution in [2.24, 2.45) is 0 Å². The van der Waals surface area contributed by atoms with Gasteiger partial charge < -0.3 is 14.6 Å². The van der Waals surface area contributed by atoms with Gasteiger partial charge in [-0.1, -0.05) is 24.3 Å². The maximum atomic E-state index is 11.1. The maximum absolute atomic E-state index is 11.1. The van der Waals surface area contributed by atoms with E-state index in [0.29, 0.717) is 6.42 Å². The number of thioether (sulfide) groups is 1. The number of carbonyl (C=O) groups is 1. The van der Waals surface area contributed by atoms with Gasteiger partial charge >= 0.3 is 5.97 Å². The summed E-state index contributed by atoms with van der Waals surface area (Å²) in [5.41, 5.74) is 1.91. The summed E-state index contributed by atoms with van der Waals surface area (Å²) < 4.78 is 11.4. The Hall–Kier alpha value is -1.04. The fourth-order valence-corrected chi connectivity index (χ4v) is 3.09. The van der Waals surface area contributed by atoms with Crippen molar-refractivity contribution in [3.05, 3.63) is 35.4 Å². The van der Waals surface area contributed by atoms with Crippen LogP contribution in [-0.2, 0) is 20.9 Å². The lowest BCUT2D eigenvalue weighted by Crippen LogP contribution is -2.32. The summed E-state index contributed by atoms with van der Waals surface area (Å²) in [6, 6.07) is 7.71. The molecule has 1 aromatic carbocycles. The van der Waals surface area contributed by atoms with Crippen molar-refractivity contribution in [2.45, 2.75) is 44.0 Å². The molecule has 2 rings (SSSR count). The highest BCUT2D eigenvalue weighted by Crippen LogP contribution is 2.36. The Morgan fingerprint density at radius 3 is 2.95 bits per heavy atom. The lowest BCUT2D eigenvalue weighted by atomic mass is 9.98. The summed E-state index contributed by atoms with van der Waals surface area (Å²) in [5.74, 6) is -0.250. The Kier molecular flexibility index (Phi) is 5.46. The van der Waals surface area contributed by atoms with Gasteiger partial charge in [-0.25, -0.2) is 0 Å². The largest absolute Gasteiger partial charge is 0.462 e. The Labute approximate surface area is 123 Å². The minimum Gasteiger partial charge on any atom is -0.462 e. The summed E-state index contributed by atoms with van der Waals surface area (Å²) >= 11 is 1.62. The fourth-order valence-electron chi connectivity index (χ4n) is 2.43. The number of carbonyl (C=O) groups excluding carboxylic acids is 1. The number of aliphatic hydroxyl groups is 1. The number of hydrogen-bond donors (Lipinski definition) is 1. The van der Waals surface area contributed by atoms with E-state index >= 15 is 0 Å². The molecule has 1 N–H and O–H groups in total. The smallest absolute Gasteiger partial charge is 0.302 e. The first-order chi connectivity index (χ1) is 9.62. The minimum absolute atomic E-state index is 0.0138.